The molecular formula is C22H21FN2O3S. The van der Waals surface area contributed by atoms with Crippen molar-refractivity contribution in [3.63, 3.8) is 0 Å². The number of benzene rings is 2. The normalized spacial score (nSPS) is 13.8. The molecule has 0 saturated carbocycles. The van der Waals surface area contributed by atoms with Crippen molar-refractivity contribution in [2.75, 3.05) is 13.1 Å². The molecule has 3 aromatic rings. The Kier molecular flexibility index (Phi) is 5.87. The number of nitrogens with zero attached hydrogens (tertiary/aromatic N) is 2. The van der Waals surface area contributed by atoms with Crippen LogP contribution < -0.4 is 4.74 Å². The maximum atomic E-state index is 13.7. The zero-order valence-corrected chi connectivity index (χ0v) is 16.6. The van der Waals surface area contributed by atoms with E-state index in [1.165, 1.54) is 10.9 Å². The van der Waals surface area contributed by atoms with Crippen LogP contribution in [0.25, 0.3) is 10.6 Å². The summed E-state index contributed by atoms with van der Waals surface area (Å²) in [5.74, 6) is -0.355. The number of fused-ring (bicyclic) bond motifs is 1. The maximum absolute atomic E-state index is 13.7. The summed E-state index contributed by atoms with van der Waals surface area (Å²) in [6.45, 7) is 2.34. The van der Waals surface area contributed by atoms with E-state index in [0.717, 1.165) is 35.8 Å². The van der Waals surface area contributed by atoms with Crippen LogP contribution >= 0.6 is 11.3 Å². The minimum absolute atomic E-state index is 0.162. The number of hydrogen-bond donors (Lipinski definition) is 1. The van der Waals surface area contributed by atoms with Crippen LogP contribution in [0.1, 0.15) is 22.6 Å². The Morgan fingerprint density at radius 2 is 2.00 bits per heavy atom. The van der Waals surface area contributed by atoms with Gasteiger partial charge in [0.25, 0.3) is 0 Å². The number of aliphatic carboxylic acids is 1. The predicted molar refractivity (Wildman–Crippen MR) is 110 cm³/mol. The van der Waals surface area contributed by atoms with Crippen molar-refractivity contribution in [3.8, 4) is 16.3 Å². The number of halogens is 1. The highest BCUT2D eigenvalue weighted by atomic mass is 32.1. The first-order valence-corrected chi connectivity index (χ1v) is 10.3. The number of aromatic nitrogens is 1. The van der Waals surface area contributed by atoms with E-state index >= 15 is 0 Å². The molecule has 0 spiro atoms. The number of carboxylic acids is 1. The maximum Gasteiger partial charge on any atom is 0.304 e. The van der Waals surface area contributed by atoms with Gasteiger partial charge in [-0.3, -0.25) is 9.69 Å². The van der Waals surface area contributed by atoms with Crippen LogP contribution in [0.3, 0.4) is 0 Å². The summed E-state index contributed by atoms with van der Waals surface area (Å²) < 4.78 is 19.4. The van der Waals surface area contributed by atoms with Gasteiger partial charge in [0.1, 0.15) is 23.2 Å². The van der Waals surface area contributed by atoms with Gasteiger partial charge in [-0.25, -0.2) is 9.37 Å². The Labute approximate surface area is 172 Å². The lowest BCUT2D eigenvalue weighted by atomic mass is 10.1. The third-order valence-electron chi connectivity index (χ3n) is 4.91. The molecule has 0 saturated heterocycles. The van der Waals surface area contributed by atoms with Crippen LogP contribution in [0, 0.1) is 5.82 Å². The molecule has 0 amide bonds. The molecule has 2 aromatic carbocycles. The van der Waals surface area contributed by atoms with Gasteiger partial charge >= 0.3 is 5.97 Å². The Hall–Kier alpha value is -2.77. The molecular weight excluding hydrogens is 391 g/mol. The van der Waals surface area contributed by atoms with E-state index in [0.29, 0.717) is 17.9 Å². The first-order valence-electron chi connectivity index (χ1n) is 9.48. The fraction of sp³-hybridized carbons (Fsp3) is 0.273. The highest BCUT2D eigenvalue weighted by Gasteiger charge is 2.21. The highest BCUT2D eigenvalue weighted by Crippen LogP contribution is 2.32. The molecule has 2 heterocycles. The Bertz CT molecular complexity index is 1000. The van der Waals surface area contributed by atoms with Gasteiger partial charge in [0.05, 0.1) is 12.1 Å². The van der Waals surface area contributed by atoms with Crippen molar-refractivity contribution in [1.82, 2.24) is 9.88 Å². The van der Waals surface area contributed by atoms with Crippen molar-refractivity contribution in [2.45, 2.75) is 26.0 Å². The minimum Gasteiger partial charge on any atom is -0.489 e. The molecule has 5 nitrogen and oxygen atoms in total. The summed E-state index contributed by atoms with van der Waals surface area (Å²) in [6, 6.07) is 14.3. The second-order valence-electron chi connectivity index (χ2n) is 6.96. The zero-order valence-electron chi connectivity index (χ0n) is 15.8. The van der Waals surface area contributed by atoms with Crippen LogP contribution in [0.4, 0.5) is 4.39 Å². The molecule has 150 valence electrons. The van der Waals surface area contributed by atoms with Crippen molar-refractivity contribution in [1.29, 1.82) is 0 Å². The Morgan fingerprint density at radius 1 is 1.21 bits per heavy atom. The number of ether oxygens (including phenoxy) is 1. The van der Waals surface area contributed by atoms with E-state index < -0.39 is 5.97 Å². The van der Waals surface area contributed by atoms with Crippen LogP contribution in [0.2, 0.25) is 0 Å². The van der Waals surface area contributed by atoms with Gasteiger partial charge in [-0.05, 0) is 30.3 Å². The molecule has 1 aliphatic heterocycles. The second-order valence-corrected chi connectivity index (χ2v) is 8.05. The van der Waals surface area contributed by atoms with E-state index in [1.54, 1.807) is 29.5 Å². The zero-order chi connectivity index (χ0) is 20.2. The van der Waals surface area contributed by atoms with E-state index in [2.05, 4.69) is 4.90 Å². The van der Waals surface area contributed by atoms with Crippen molar-refractivity contribution in [3.05, 3.63) is 70.5 Å². The minimum atomic E-state index is -0.766. The molecule has 0 fully saturated rings. The summed E-state index contributed by atoms with van der Waals surface area (Å²) in [5, 5.41) is 9.82. The van der Waals surface area contributed by atoms with Gasteiger partial charge in [0.15, 0.2) is 0 Å². The summed E-state index contributed by atoms with van der Waals surface area (Å²) in [5.41, 5.74) is 2.65. The van der Waals surface area contributed by atoms with Gasteiger partial charge in [0, 0.05) is 42.1 Å². The Morgan fingerprint density at radius 3 is 2.76 bits per heavy atom. The molecule has 0 unspecified atom stereocenters. The van der Waals surface area contributed by atoms with Gasteiger partial charge in [0.2, 0.25) is 0 Å². The fourth-order valence-corrected chi connectivity index (χ4v) is 4.44. The smallest absolute Gasteiger partial charge is 0.304 e. The molecule has 1 aliphatic rings. The second kappa shape index (κ2) is 8.71. The summed E-state index contributed by atoms with van der Waals surface area (Å²) >= 11 is 1.65. The summed E-state index contributed by atoms with van der Waals surface area (Å²) in [4.78, 5) is 18.9. The standard InChI is InChI=1S/C22H21FN2O3S/c23-18-4-2-1-3-16(18)14-28-17-7-5-15(6-8-17)22-24-19-9-11-25(12-10-21(26)27)13-20(19)29-22/h1-8H,9-14H2,(H,26,27). The average molecular weight is 412 g/mol. The van der Waals surface area contributed by atoms with E-state index in [1.807, 2.05) is 24.3 Å². The number of carboxylic acid groups (broad SMARTS) is 1. The monoisotopic (exact) mass is 412 g/mol. The molecule has 7 heteroatoms. The summed E-state index contributed by atoms with van der Waals surface area (Å²) in [7, 11) is 0. The lowest BCUT2D eigenvalue weighted by Gasteiger charge is -2.24. The topological polar surface area (TPSA) is 62.7 Å². The average Bonchev–Trinajstić information content (AvgIpc) is 3.15. The van der Waals surface area contributed by atoms with Crippen molar-refractivity contribution < 1.29 is 19.0 Å². The van der Waals surface area contributed by atoms with Crippen molar-refractivity contribution >= 4 is 17.3 Å². The van der Waals surface area contributed by atoms with Gasteiger partial charge in [-0.1, -0.05) is 18.2 Å². The lowest BCUT2D eigenvalue weighted by molar-refractivity contribution is -0.137. The molecule has 1 aromatic heterocycles. The first-order chi connectivity index (χ1) is 14.1. The molecule has 4 rings (SSSR count). The quantitative estimate of drug-likeness (QED) is 0.625. The molecule has 0 radical (unpaired) electrons. The van der Waals surface area contributed by atoms with Crippen molar-refractivity contribution in [2.24, 2.45) is 0 Å². The largest absolute Gasteiger partial charge is 0.489 e. The number of thiazole rings is 1. The van der Waals surface area contributed by atoms with Crippen LogP contribution in [-0.2, 0) is 24.4 Å². The third-order valence-corrected chi connectivity index (χ3v) is 6.04. The first kappa shape index (κ1) is 19.5. The fourth-order valence-electron chi connectivity index (χ4n) is 3.29. The third kappa shape index (κ3) is 4.81. The molecule has 0 atom stereocenters. The SMILES string of the molecule is O=C(O)CCN1CCc2nc(-c3ccc(OCc4ccccc4F)cc3)sc2C1. The molecule has 29 heavy (non-hydrogen) atoms. The van der Waals surface area contributed by atoms with E-state index in [-0.39, 0.29) is 18.8 Å². The van der Waals surface area contributed by atoms with E-state index in [4.69, 9.17) is 14.8 Å². The van der Waals surface area contributed by atoms with E-state index in [9.17, 15) is 9.18 Å². The number of hydrogen-bond acceptors (Lipinski definition) is 5. The van der Waals surface area contributed by atoms with Crippen LogP contribution in [-0.4, -0.2) is 34.0 Å². The number of carbonyl (C=O) groups is 1. The van der Waals surface area contributed by atoms with Gasteiger partial charge in [-0.15, -0.1) is 11.3 Å². The molecule has 0 bridgehead atoms. The predicted octanol–water partition coefficient (Wildman–Crippen LogP) is 4.36. The van der Waals surface area contributed by atoms with Crippen LogP contribution in [0.5, 0.6) is 5.75 Å². The van der Waals surface area contributed by atoms with Gasteiger partial charge in [-0.2, -0.15) is 0 Å². The summed E-state index contributed by atoms with van der Waals surface area (Å²) in [6.07, 6.45) is 1.00. The Balaban J connectivity index is 1.40. The molecule has 0 aliphatic carbocycles. The van der Waals surface area contributed by atoms with Gasteiger partial charge < -0.3 is 9.84 Å². The lowest BCUT2D eigenvalue weighted by Crippen LogP contribution is -2.31. The molecule has 1 N–H and O–H groups in total. The number of rotatable bonds is 7. The van der Waals surface area contributed by atoms with Crippen LogP contribution in [0.15, 0.2) is 48.5 Å². The highest BCUT2D eigenvalue weighted by molar-refractivity contribution is 7.15.